The number of Topliss-reactive ketones (excluding diaryl/α,β-unsaturated/α-hetero) is 1. The molecular formula is C12H12FN3OS. The first-order chi connectivity index (χ1) is 8.61. The summed E-state index contributed by atoms with van der Waals surface area (Å²) in [4.78, 5) is 16.0. The van der Waals surface area contributed by atoms with E-state index in [0.717, 1.165) is 11.3 Å². The summed E-state index contributed by atoms with van der Waals surface area (Å²) in [6.07, 6.45) is 0.367. The minimum Gasteiger partial charge on any atom is -0.382 e. The number of rotatable bonds is 4. The molecule has 0 aliphatic heterocycles. The summed E-state index contributed by atoms with van der Waals surface area (Å²) in [6.45, 7) is 1.76. The van der Waals surface area contributed by atoms with E-state index in [1.54, 1.807) is 25.1 Å². The third kappa shape index (κ3) is 2.48. The number of nitrogens with two attached hydrogens (primary N) is 1. The van der Waals surface area contributed by atoms with E-state index < -0.39 is 0 Å². The van der Waals surface area contributed by atoms with Crippen molar-refractivity contribution < 1.29 is 9.18 Å². The number of hydrogen-bond acceptors (Lipinski definition) is 5. The van der Waals surface area contributed by atoms with Crippen LogP contribution in [0.1, 0.15) is 23.0 Å². The largest absolute Gasteiger partial charge is 0.382 e. The van der Waals surface area contributed by atoms with Gasteiger partial charge in [-0.25, -0.2) is 9.37 Å². The van der Waals surface area contributed by atoms with Gasteiger partial charge in [-0.1, -0.05) is 30.4 Å². The number of hydrogen-bond donors (Lipinski definition) is 2. The summed E-state index contributed by atoms with van der Waals surface area (Å²) in [5.41, 5.74) is 5.96. The van der Waals surface area contributed by atoms with Crippen LogP contribution in [0, 0.1) is 5.82 Å². The molecule has 0 saturated heterocycles. The Balaban J connectivity index is 2.26. The van der Waals surface area contributed by atoms with Crippen molar-refractivity contribution in [3.63, 3.8) is 0 Å². The molecule has 6 heteroatoms. The third-order valence-electron chi connectivity index (χ3n) is 2.34. The molecule has 3 N–H and O–H groups in total. The van der Waals surface area contributed by atoms with Crippen LogP contribution in [-0.2, 0) is 0 Å². The van der Waals surface area contributed by atoms with Crippen molar-refractivity contribution in [2.24, 2.45) is 0 Å². The third-order valence-corrected chi connectivity index (χ3v) is 3.37. The van der Waals surface area contributed by atoms with E-state index in [4.69, 9.17) is 5.73 Å². The number of carbonyl (C=O) groups excluding carboxylic acids is 1. The Labute approximate surface area is 108 Å². The molecule has 0 unspecified atom stereocenters. The fourth-order valence-electron chi connectivity index (χ4n) is 1.42. The quantitative estimate of drug-likeness (QED) is 0.833. The highest BCUT2D eigenvalue weighted by atomic mass is 32.1. The van der Waals surface area contributed by atoms with Gasteiger partial charge in [0.25, 0.3) is 0 Å². The molecule has 4 nitrogen and oxygen atoms in total. The molecule has 0 saturated carbocycles. The van der Waals surface area contributed by atoms with Crippen LogP contribution in [0.3, 0.4) is 0 Å². The standard InChI is InChI=1S/C12H12FN3OS/c1-2-9(17)10-11(14)16-12(18-10)15-8-6-4-3-5-7(8)13/h3-6H,2,14H2,1H3,(H,15,16). The average Bonchev–Trinajstić information content (AvgIpc) is 2.72. The topological polar surface area (TPSA) is 68.0 Å². The molecule has 1 aromatic carbocycles. The number of halogens is 1. The SMILES string of the molecule is CCC(=O)c1sc(Nc2ccccc2F)nc1N. The maximum Gasteiger partial charge on any atom is 0.189 e. The number of carbonyl (C=O) groups is 1. The van der Waals surface area contributed by atoms with E-state index in [0.29, 0.717) is 22.1 Å². The summed E-state index contributed by atoms with van der Waals surface area (Å²) in [7, 11) is 0. The second-order valence-electron chi connectivity index (χ2n) is 3.61. The molecule has 18 heavy (non-hydrogen) atoms. The fraction of sp³-hybridized carbons (Fsp3) is 0.167. The molecule has 1 aromatic heterocycles. The first-order valence-corrected chi connectivity index (χ1v) is 6.24. The minimum atomic E-state index is -0.380. The second kappa shape index (κ2) is 5.14. The zero-order valence-corrected chi connectivity index (χ0v) is 10.6. The number of nitrogens with one attached hydrogen (secondary N) is 1. The van der Waals surface area contributed by atoms with Crippen LogP contribution in [0.5, 0.6) is 0 Å². The lowest BCUT2D eigenvalue weighted by Crippen LogP contribution is -1.98. The van der Waals surface area contributed by atoms with Gasteiger partial charge in [0.2, 0.25) is 0 Å². The van der Waals surface area contributed by atoms with Crippen LogP contribution in [0.2, 0.25) is 0 Å². The normalized spacial score (nSPS) is 10.3. The van der Waals surface area contributed by atoms with Gasteiger partial charge in [0.1, 0.15) is 16.5 Å². The lowest BCUT2D eigenvalue weighted by Gasteiger charge is -2.02. The van der Waals surface area contributed by atoms with Gasteiger partial charge in [0, 0.05) is 6.42 Å². The molecule has 0 aliphatic rings. The molecule has 2 aromatic rings. The Bertz CT molecular complexity index is 582. The Hall–Kier alpha value is -1.95. The van der Waals surface area contributed by atoms with Crippen molar-refractivity contribution >= 4 is 33.8 Å². The molecule has 0 spiro atoms. The maximum atomic E-state index is 13.4. The molecular weight excluding hydrogens is 253 g/mol. The molecule has 0 amide bonds. The van der Waals surface area contributed by atoms with Crippen molar-refractivity contribution in [2.75, 3.05) is 11.1 Å². The van der Waals surface area contributed by atoms with Crippen molar-refractivity contribution in [1.29, 1.82) is 0 Å². The minimum absolute atomic E-state index is 0.0633. The highest BCUT2D eigenvalue weighted by Crippen LogP contribution is 2.29. The predicted octanol–water partition coefficient (Wildman–Crippen LogP) is 3.20. The summed E-state index contributed by atoms with van der Waals surface area (Å²) in [6, 6.07) is 6.24. The van der Waals surface area contributed by atoms with E-state index in [2.05, 4.69) is 10.3 Å². The summed E-state index contributed by atoms with van der Waals surface area (Å²) < 4.78 is 13.4. The van der Waals surface area contributed by atoms with Crippen molar-refractivity contribution in [3.8, 4) is 0 Å². The molecule has 94 valence electrons. The Morgan fingerprint density at radius 3 is 2.89 bits per heavy atom. The Morgan fingerprint density at radius 2 is 2.22 bits per heavy atom. The fourth-order valence-corrected chi connectivity index (χ4v) is 2.33. The Morgan fingerprint density at radius 1 is 1.50 bits per heavy atom. The van der Waals surface area contributed by atoms with Gasteiger partial charge in [-0.05, 0) is 12.1 Å². The summed E-state index contributed by atoms with van der Waals surface area (Å²) in [5.74, 6) is -0.257. The number of para-hydroxylation sites is 1. The number of nitrogens with zero attached hydrogens (tertiary/aromatic N) is 1. The second-order valence-corrected chi connectivity index (χ2v) is 4.61. The zero-order chi connectivity index (χ0) is 13.1. The summed E-state index contributed by atoms with van der Waals surface area (Å²) in [5, 5.41) is 3.22. The van der Waals surface area contributed by atoms with Gasteiger partial charge in [-0.3, -0.25) is 4.79 Å². The molecule has 0 aliphatic carbocycles. The molecule has 0 bridgehead atoms. The average molecular weight is 265 g/mol. The van der Waals surface area contributed by atoms with Crippen LogP contribution in [0.15, 0.2) is 24.3 Å². The zero-order valence-electron chi connectivity index (χ0n) is 9.74. The van der Waals surface area contributed by atoms with Crippen LogP contribution in [0.4, 0.5) is 21.0 Å². The molecule has 0 radical (unpaired) electrons. The van der Waals surface area contributed by atoms with Gasteiger partial charge in [-0.15, -0.1) is 0 Å². The number of nitrogen functional groups attached to an aromatic ring is 1. The van der Waals surface area contributed by atoms with Crippen LogP contribution in [0.25, 0.3) is 0 Å². The predicted molar refractivity (Wildman–Crippen MR) is 70.8 cm³/mol. The Kier molecular flexibility index (Phi) is 3.57. The van der Waals surface area contributed by atoms with Gasteiger partial charge in [0.05, 0.1) is 5.69 Å². The number of anilines is 3. The summed E-state index contributed by atoms with van der Waals surface area (Å²) >= 11 is 1.13. The lowest BCUT2D eigenvalue weighted by atomic mass is 10.3. The monoisotopic (exact) mass is 265 g/mol. The van der Waals surface area contributed by atoms with E-state index in [-0.39, 0.29) is 17.4 Å². The van der Waals surface area contributed by atoms with Gasteiger partial charge in [-0.2, -0.15) is 0 Å². The van der Waals surface area contributed by atoms with Gasteiger partial charge in [0.15, 0.2) is 10.9 Å². The molecule has 0 atom stereocenters. The van der Waals surface area contributed by atoms with Crippen LogP contribution in [-0.4, -0.2) is 10.8 Å². The molecule has 1 heterocycles. The van der Waals surface area contributed by atoms with E-state index in [1.807, 2.05) is 0 Å². The van der Waals surface area contributed by atoms with E-state index in [9.17, 15) is 9.18 Å². The number of thiazole rings is 1. The smallest absolute Gasteiger partial charge is 0.189 e. The maximum absolute atomic E-state index is 13.4. The molecule has 2 rings (SSSR count). The van der Waals surface area contributed by atoms with E-state index in [1.165, 1.54) is 6.07 Å². The number of ketones is 1. The van der Waals surface area contributed by atoms with Crippen molar-refractivity contribution in [2.45, 2.75) is 13.3 Å². The number of benzene rings is 1. The van der Waals surface area contributed by atoms with Gasteiger partial charge >= 0.3 is 0 Å². The highest BCUT2D eigenvalue weighted by Gasteiger charge is 2.15. The van der Waals surface area contributed by atoms with Crippen molar-refractivity contribution in [3.05, 3.63) is 35.0 Å². The van der Waals surface area contributed by atoms with Gasteiger partial charge < -0.3 is 11.1 Å². The first-order valence-electron chi connectivity index (χ1n) is 5.43. The highest BCUT2D eigenvalue weighted by molar-refractivity contribution is 7.18. The van der Waals surface area contributed by atoms with Crippen LogP contribution < -0.4 is 11.1 Å². The molecule has 0 fully saturated rings. The first kappa shape index (κ1) is 12.5. The van der Waals surface area contributed by atoms with E-state index >= 15 is 0 Å². The number of aromatic nitrogens is 1. The van der Waals surface area contributed by atoms with Crippen molar-refractivity contribution in [1.82, 2.24) is 4.98 Å². The van der Waals surface area contributed by atoms with Crippen LogP contribution >= 0.6 is 11.3 Å². The lowest BCUT2D eigenvalue weighted by molar-refractivity contribution is 0.0992.